The summed E-state index contributed by atoms with van der Waals surface area (Å²) >= 11 is 0. The Bertz CT molecular complexity index is 333. The van der Waals surface area contributed by atoms with E-state index in [0.29, 0.717) is 13.1 Å². The van der Waals surface area contributed by atoms with Gasteiger partial charge in [0.1, 0.15) is 0 Å². The molecule has 2 rings (SSSR count). The molecule has 0 amide bonds. The molecule has 1 saturated heterocycles. The van der Waals surface area contributed by atoms with Gasteiger partial charge in [-0.1, -0.05) is 5.21 Å². The Morgan fingerprint density at radius 1 is 1.35 bits per heavy atom. The van der Waals surface area contributed by atoms with E-state index in [1.807, 2.05) is 6.20 Å². The zero-order valence-electron chi connectivity index (χ0n) is 10.2. The first-order valence-electron chi connectivity index (χ1n) is 5.95. The Balaban J connectivity index is 1.73. The Morgan fingerprint density at radius 2 is 2.12 bits per heavy atom. The molecule has 0 saturated carbocycles. The fourth-order valence-electron chi connectivity index (χ4n) is 1.79. The molecule has 1 aromatic rings. The molecule has 0 bridgehead atoms. The van der Waals surface area contributed by atoms with E-state index >= 15 is 0 Å². The Morgan fingerprint density at radius 3 is 2.82 bits per heavy atom. The summed E-state index contributed by atoms with van der Waals surface area (Å²) in [5, 5.41) is 18.9. The van der Waals surface area contributed by atoms with Crippen LogP contribution in [0.25, 0.3) is 0 Å². The summed E-state index contributed by atoms with van der Waals surface area (Å²) in [7, 11) is 2.14. The normalized spacial score (nSPS) is 18.7. The van der Waals surface area contributed by atoms with E-state index in [0.717, 1.165) is 31.9 Å². The molecule has 0 spiro atoms. The fraction of sp³-hybridized carbons (Fsp3) is 0.800. The molecule has 0 aliphatic carbocycles. The average Bonchev–Trinajstić information content (AvgIpc) is 2.77. The van der Waals surface area contributed by atoms with Crippen LogP contribution < -0.4 is 5.43 Å². The van der Waals surface area contributed by atoms with Crippen LogP contribution in [-0.4, -0.2) is 69.8 Å². The average molecular weight is 240 g/mol. The van der Waals surface area contributed by atoms with Crippen molar-refractivity contribution in [1.82, 2.24) is 30.3 Å². The summed E-state index contributed by atoms with van der Waals surface area (Å²) < 4.78 is 1.65. The predicted octanol–water partition coefficient (Wildman–Crippen LogP) is -1.48. The van der Waals surface area contributed by atoms with E-state index in [-0.39, 0.29) is 6.61 Å². The quantitative estimate of drug-likeness (QED) is 0.654. The Kier molecular flexibility index (Phi) is 4.43. The SMILES string of the molecule is CN1CCN(NCc2cn(CCO)nn2)CC1. The summed E-state index contributed by atoms with van der Waals surface area (Å²) in [6.45, 7) is 5.52. The van der Waals surface area contributed by atoms with E-state index < -0.39 is 0 Å². The van der Waals surface area contributed by atoms with Crippen LogP contribution in [0.3, 0.4) is 0 Å². The Hall–Kier alpha value is -1.02. The van der Waals surface area contributed by atoms with Crippen LogP contribution in [0.5, 0.6) is 0 Å². The number of hydrazine groups is 1. The molecule has 1 aliphatic heterocycles. The maximum Gasteiger partial charge on any atom is 0.0979 e. The van der Waals surface area contributed by atoms with Gasteiger partial charge in [-0.25, -0.2) is 15.1 Å². The van der Waals surface area contributed by atoms with Crippen LogP contribution in [0, 0.1) is 0 Å². The molecule has 0 unspecified atom stereocenters. The van der Waals surface area contributed by atoms with Gasteiger partial charge in [-0.05, 0) is 7.05 Å². The third-order valence-corrected chi connectivity index (χ3v) is 2.90. The molecule has 0 aromatic carbocycles. The molecule has 7 nitrogen and oxygen atoms in total. The van der Waals surface area contributed by atoms with Gasteiger partial charge in [-0.15, -0.1) is 5.10 Å². The molecule has 17 heavy (non-hydrogen) atoms. The molecule has 7 heteroatoms. The number of nitrogens with zero attached hydrogens (tertiary/aromatic N) is 5. The van der Waals surface area contributed by atoms with Crippen molar-refractivity contribution in [2.45, 2.75) is 13.1 Å². The lowest BCUT2D eigenvalue weighted by Crippen LogP contribution is -2.50. The number of piperazine rings is 1. The first kappa shape index (κ1) is 12.4. The van der Waals surface area contributed by atoms with Crippen molar-refractivity contribution in [2.75, 3.05) is 39.8 Å². The van der Waals surface area contributed by atoms with Gasteiger partial charge in [-0.3, -0.25) is 0 Å². The van der Waals surface area contributed by atoms with Crippen molar-refractivity contribution in [3.8, 4) is 0 Å². The second-order valence-electron chi connectivity index (χ2n) is 4.32. The van der Waals surface area contributed by atoms with Crippen LogP contribution >= 0.6 is 0 Å². The van der Waals surface area contributed by atoms with E-state index in [9.17, 15) is 0 Å². The smallest absolute Gasteiger partial charge is 0.0979 e. The molecular formula is C10H20N6O. The lowest BCUT2D eigenvalue weighted by molar-refractivity contribution is 0.101. The molecule has 2 heterocycles. The predicted molar refractivity (Wildman–Crippen MR) is 63.0 cm³/mol. The highest BCUT2D eigenvalue weighted by molar-refractivity contribution is 4.91. The minimum absolute atomic E-state index is 0.0920. The monoisotopic (exact) mass is 240 g/mol. The Labute approximate surface area is 101 Å². The molecule has 2 N–H and O–H groups in total. The van der Waals surface area contributed by atoms with E-state index in [4.69, 9.17) is 5.11 Å². The van der Waals surface area contributed by atoms with Crippen molar-refractivity contribution in [3.63, 3.8) is 0 Å². The topological polar surface area (TPSA) is 69.5 Å². The number of hydrogen-bond acceptors (Lipinski definition) is 6. The summed E-state index contributed by atoms with van der Waals surface area (Å²) in [4.78, 5) is 2.32. The van der Waals surface area contributed by atoms with E-state index in [1.54, 1.807) is 4.68 Å². The molecule has 1 aliphatic rings. The summed E-state index contributed by atoms with van der Waals surface area (Å²) in [6, 6.07) is 0. The van der Waals surface area contributed by atoms with Crippen LogP contribution in [0.4, 0.5) is 0 Å². The van der Waals surface area contributed by atoms with Gasteiger partial charge >= 0.3 is 0 Å². The van der Waals surface area contributed by atoms with Crippen molar-refractivity contribution in [3.05, 3.63) is 11.9 Å². The number of aromatic nitrogens is 3. The van der Waals surface area contributed by atoms with Gasteiger partial charge in [0.05, 0.1) is 25.4 Å². The molecular weight excluding hydrogens is 220 g/mol. The van der Waals surface area contributed by atoms with Crippen LogP contribution in [0.15, 0.2) is 6.20 Å². The summed E-state index contributed by atoms with van der Waals surface area (Å²) in [6.07, 6.45) is 1.86. The number of likely N-dealkylation sites (N-methyl/N-ethyl adjacent to an activating group) is 1. The maximum absolute atomic E-state index is 8.77. The van der Waals surface area contributed by atoms with Crippen molar-refractivity contribution in [2.24, 2.45) is 0 Å². The highest BCUT2D eigenvalue weighted by Gasteiger charge is 2.13. The number of hydrogen-bond donors (Lipinski definition) is 2. The summed E-state index contributed by atoms with van der Waals surface area (Å²) in [5.41, 5.74) is 4.24. The zero-order chi connectivity index (χ0) is 12.1. The lowest BCUT2D eigenvalue weighted by Gasteiger charge is -2.32. The molecule has 96 valence electrons. The zero-order valence-corrected chi connectivity index (χ0v) is 10.2. The van der Waals surface area contributed by atoms with Crippen molar-refractivity contribution >= 4 is 0 Å². The number of nitrogens with one attached hydrogen (secondary N) is 1. The highest BCUT2D eigenvalue weighted by atomic mass is 16.3. The van der Waals surface area contributed by atoms with Gasteiger partial charge < -0.3 is 10.0 Å². The fourth-order valence-corrected chi connectivity index (χ4v) is 1.79. The second kappa shape index (κ2) is 6.06. The first-order chi connectivity index (χ1) is 8.28. The van der Waals surface area contributed by atoms with E-state index in [2.05, 4.69) is 32.7 Å². The van der Waals surface area contributed by atoms with Gasteiger partial charge in [0, 0.05) is 32.4 Å². The number of aliphatic hydroxyl groups excluding tert-OH is 1. The number of aliphatic hydroxyl groups is 1. The molecule has 0 atom stereocenters. The maximum atomic E-state index is 8.77. The highest BCUT2D eigenvalue weighted by Crippen LogP contribution is 1.98. The van der Waals surface area contributed by atoms with Crippen LogP contribution in [-0.2, 0) is 13.1 Å². The van der Waals surface area contributed by atoms with Crippen molar-refractivity contribution < 1.29 is 5.11 Å². The van der Waals surface area contributed by atoms with Gasteiger partial charge in [0.15, 0.2) is 0 Å². The minimum Gasteiger partial charge on any atom is -0.394 e. The standard InChI is InChI=1S/C10H20N6O/c1-14-2-4-15(5-3-14)11-8-10-9-16(6-7-17)13-12-10/h9,11,17H,2-8H2,1H3. The van der Waals surface area contributed by atoms with Gasteiger partial charge in [-0.2, -0.15) is 0 Å². The second-order valence-corrected chi connectivity index (χ2v) is 4.32. The summed E-state index contributed by atoms with van der Waals surface area (Å²) in [5.74, 6) is 0. The number of rotatable bonds is 5. The van der Waals surface area contributed by atoms with Crippen molar-refractivity contribution in [1.29, 1.82) is 0 Å². The van der Waals surface area contributed by atoms with Gasteiger partial charge in [0.25, 0.3) is 0 Å². The molecule has 0 radical (unpaired) electrons. The molecule has 1 fully saturated rings. The van der Waals surface area contributed by atoms with E-state index in [1.165, 1.54) is 0 Å². The minimum atomic E-state index is 0.0920. The third-order valence-electron chi connectivity index (χ3n) is 2.90. The lowest BCUT2D eigenvalue weighted by atomic mass is 10.4. The third kappa shape index (κ3) is 3.74. The van der Waals surface area contributed by atoms with Gasteiger partial charge in [0.2, 0.25) is 0 Å². The largest absolute Gasteiger partial charge is 0.394 e. The van der Waals surface area contributed by atoms with Crippen LogP contribution in [0.1, 0.15) is 5.69 Å². The molecule has 1 aromatic heterocycles. The van der Waals surface area contributed by atoms with Crippen LogP contribution in [0.2, 0.25) is 0 Å². The first-order valence-corrected chi connectivity index (χ1v) is 5.95.